The van der Waals surface area contributed by atoms with Crippen LogP contribution < -0.4 is 5.32 Å². The van der Waals surface area contributed by atoms with Crippen LogP contribution in [-0.4, -0.2) is 22.0 Å². The number of carbonyl (C=O) groups excluding carboxylic acids is 1. The van der Waals surface area contributed by atoms with Crippen molar-refractivity contribution < 1.29 is 14.7 Å². The number of anilines is 1. The van der Waals surface area contributed by atoms with Gasteiger partial charge >= 0.3 is 5.97 Å². The molecular formula is C14H12N2O3S. The van der Waals surface area contributed by atoms with E-state index in [4.69, 9.17) is 5.11 Å². The van der Waals surface area contributed by atoms with Crippen molar-refractivity contribution in [3.05, 3.63) is 52.7 Å². The molecule has 0 aromatic carbocycles. The van der Waals surface area contributed by atoms with Crippen molar-refractivity contribution >= 4 is 34.3 Å². The summed E-state index contributed by atoms with van der Waals surface area (Å²) in [5, 5.41) is 12.1. The first-order valence-electron chi connectivity index (χ1n) is 5.79. The average Bonchev–Trinajstić information content (AvgIpc) is 2.78. The second kappa shape index (κ2) is 6.12. The summed E-state index contributed by atoms with van der Waals surface area (Å²) < 4.78 is 0. The number of carboxylic acids is 1. The Balaban J connectivity index is 2.03. The second-order valence-corrected chi connectivity index (χ2v) is 5.09. The third-order valence-electron chi connectivity index (χ3n) is 2.47. The predicted octanol–water partition coefficient (Wildman–Crippen LogP) is 2.80. The molecule has 6 heteroatoms. The molecule has 0 radical (unpaired) electrons. The van der Waals surface area contributed by atoms with Crippen molar-refractivity contribution in [3.8, 4) is 0 Å². The molecule has 5 nitrogen and oxygen atoms in total. The number of carboxylic acid groups (broad SMARTS) is 1. The number of aromatic nitrogens is 1. The van der Waals surface area contributed by atoms with Crippen LogP contribution in [0.2, 0.25) is 0 Å². The van der Waals surface area contributed by atoms with Crippen molar-refractivity contribution in [2.24, 2.45) is 0 Å². The molecular weight excluding hydrogens is 276 g/mol. The van der Waals surface area contributed by atoms with Crippen molar-refractivity contribution in [1.29, 1.82) is 0 Å². The average molecular weight is 288 g/mol. The molecule has 2 aromatic heterocycles. The molecule has 0 saturated carbocycles. The van der Waals surface area contributed by atoms with Crippen LogP contribution in [0.4, 0.5) is 5.00 Å². The van der Waals surface area contributed by atoms with Gasteiger partial charge in [-0.3, -0.25) is 9.78 Å². The van der Waals surface area contributed by atoms with Gasteiger partial charge in [0, 0.05) is 18.5 Å². The maximum Gasteiger partial charge on any atom is 0.346 e. The van der Waals surface area contributed by atoms with Crippen molar-refractivity contribution in [1.82, 2.24) is 4.98 Å². The van der Waals surface area contributed by atoms with E-state index in [0.29, 0.717) is 10.6 Å². The van der Waals surface area contributed by atoms with Gasteiger partial charge in [-0.25, -0.2) is 4.79 Å². The number of nitrogens with zero attached hydrogens (tertiary/aromatic N) is 1. The SMILES string of the molecule is Cc1cc(NC(=O)/C=C/c2cccnc2)sc1C(=O)O. The number of nitrogens with one attached hydrogen (secondary N) is 1. The summed E-state index contributed by atoms with van der Waals surface area (Å²) in [5.74, 6) is -1.30. The molecule has 0 saturated heterocycles. The number of pyridine rings is 1. The number of aromatic carboxylic acids is 1. The minimum Gasteiger partial charge on any atom is -0.477 e. The maximum atomic E-state index is 11.7. The van der Waals surface area contributed by atoms with E-state index in [-0.39, 0.29) is 10.8 Å². The lowest BCUT2D eigenvalue weighted by Crippen LogP contribution is -2.06. The van der Waals surface area contributed by atoms with E-state index in [1.54, 1.807) is 37.5 Å². The Morgan fingerprint density at radius 3 is 2.85 bits per heavy atom. The Hall–Kier alpha value is -2.47. The van der Waals surface area contributed by atoms with E-state index in [1.165, 1.54) is 6.08 Å². The third kappa shape index (κ3) is 3.52. The molecule has 0 bridgehead atoms. The van der Waals surface area contributed by atoms with Crippen LogP contribution >= 0.6 is 11.3 Å². The number of hydrogen-bond donors (Lipinski definition) is 2. The second-order valence-electron chi connectivity index (χ2n) is 4.04. The number of aryl methyl sites for hydroxylation is 1. The highest BCUT2D eigenvalue weighted by Crippen LogP contribution is 2.26. The summed E-state index contributed by atoms with van der Waals surface area (Å²) in [7, 11) is 0. The molecule has 0 aliphatic carbocycles. The maximum absolute atomic E-state index is 11.7. The smallest absolute Gasteiger partial charge is 0.346 e. The van der Waals surface area contributed by atoms with Crippen LogP contribution in [0.3, 0.4) is 0 Å². The molecule has 0 atom stereocenters. The van der Waals surface area contributed by atoms with E-state index in [2.05, 4.69) is 10.3 Å². The Morgan fingerprint density at radius 2 is 2.25 bits per heavy atom. The van der Waals surface area contributed by atoms with Crippen LogP contribution in [0.5, 0.6) is 0 Å². The van der Waals surface area contributed by atoms with Crippen molar-refractivity contribution in [3.63, 3.8) is 0 Å². The van der Waals surface area contributed by atoms with Crippen LogP contribution in [0.1, 0.15) is 20.8 Å². The fourth-order valence-corrected chi connectivity index (χ4v) is 2.48. The topological polar surface area (TPSA) is 79.3 Å². The highest BCUT2D eigenvalue weighted by molar-refractivity contribution is 7.18. The molecule has 0 aliphatic heterocycles. The molecule has 0 aliphatic rings. The summed E-state index contributed by atoms with van der Waals surface area (Å²) in [5.41, 5.74) is 1.45. The summed E-state index contributed by atoms with van der Waals surface area (Å²) in [6.07, 6.45) is 6.31. The van der Waals surface area contributed by atoms with Crippen LogP contribution in [-0.2, 0) is 4.79 Å². The molecule has 0 fully saturated rings. The zero-order valence-electron chi connectivity index (χ0n) is 10.7. The molecule has 0 unspecified atom stereocenters. The molecule has 102 valence electrons. The summed E-state index contributed by atoms with van der Waals surface area (Å²) in [6.45, 7) is 1.70. The number of carbonyl (C=O) groups is 2. The monoisotopic (exact) mass is 288 g/mol. The first kappa shape index (κ1) is 14.0. The fraction of sp³-hybridized carbons (Fsp3) is 0.0714. The van der Waals surface area contributed by atoms with Gasteiger partial charge in [-0.2, -0.15) is 0 Å². The molecule has 20 heavy (non-hydrogen) atoms. The largest absolute Gasteiger partial charge is 0.477 e. The zero-order chi connectivity index (χ0) is 14.5. The Kier molecular flexibility index (Phi) is 4.27. The van der Waals surface area contributed by atoms with Crippen LogP contribution in [0.25, 0.3) is 6.08 Å². The zero-order valence-corrected chi connectivity index (χ0v) is 11.5. The van der Waals surface area contributed by atoms with E-state index < -0.39 is 5.97 Å². The Bertz CT molecular complexity index is 662. The quantitative estimate of drug-likeness (QED) is 0.848. The van der Waals surface area contributed by atoms with Gasteiger partial charge in [-0.15, -0.1) is 11.3 Å². The molecule has 2 aromatic rings. The van der Waals surface area contributed by atoms with Gasteiger partial charge in [0.15, 0.2) is 0 Å². The van der Waals surface area contributed by atoms with Gasteiger partial charge in [0.25, 0.3) is 0 Å². The first-order chi connectivity index (χ1) is 9.56. The third-order valence-corrected chi connectivity index (χ3v) is 3.61. The van der Waals surface area contributed by atoms with E-state index in [1.807, 2.05) is 6.07 Å². The number of thiophene rings is 1. The van der Waals surface area contributed by atoms with Gasteiger partial charge in [0.1, 0.15) is 4.88 Å². The summed E-state index contributed by atoms with van der Waals surface area (Å²) in [4.78, 5) is 26.8. The highest BCUT2D eigenvalue weighted by Gasteiger charge is 2.12. The Morgan fingerprint density at radius 1 is 1.45 bits per heavy atom. The van der Waals surface area contributed by atoms with E-state index in [0.717, 1.165) is 16.9 Å². The van der Waals surface area contributed by atoms with Crippen LogP contribution in [0.15, 0.2) is 36.7 Å². The van der Waals surface area contributed by atoms with Gasteiger partial charge in [0.2, 0.25) is 5.91 Å². The lowest BCUT2D eigenvalue weighted by atomic mass is 10.2. The lowest BCUT2D eigenvalue weighted by molar-refractivity contribution is -0.111. The molecule has 1 amide bonds. The number of rotatable bonds is 4. The molecule has 2 rings (SSSR count). The van der Waals surface area contributed by atoms with E-state index in [9.17, 15) is 9.59 Å². The fourth-order valence-electron chi connectivity index (χ4n) is 1.57. The van der Waals surface area contributed by atoms with Crippen molar-refractivity contribution in [2.45, 2.75) is 6.92 Å². The van der Waals surface area contributed by atoms with E-state index >= 15 is 0 Å². The van der Waals surface area contributed by atoms with Gasteiger partial charge in [-0.1, -0.05) is 6.07 Å². The molecule has 2 N–H and O–H groups in total. The number of hydrogen-bond acceptors (Lipinski definition) is 4. The van der Waals surface area contributed by atoms with Gasteiger partial charge < -0.3 is 10.4 Å². The van der Waals surface area contributed by atoms with Crippen LogP contribution in [0, 0.1) is 6.92 Å². The Labute approximate surface area is 119 Å². The molecule has 0 spiro atoms. The predicted molar refractivity (Wildman–Crippen MR) is 77.9 cm³/mol. The normalized spacial score (nSPS) is 10.7. The standard InChI is InChI=1S/C14H12N2O3S/c1-9-7-12(20-13(9)14(18)19)16-11(17)5-4-10-3-2-6-15-8-10/h2-8H,1H3,(H,16,17)(H,18,19)/b5-4+. The summed E-state index contributed by atoms with van der Waals surface area (Å²) in [6, 6.07) is 5.25. The first-order valence-corrected chi connectivity index (χ1v) is 6.61. The van der Waals surface area contributed by atoms with Gasteiger partial charge in [-0.05, 0) is 36.3 Å². The summed E-state index contributed by atoms with van der Waals surface area (Å²) >= 11 is 1.04. The van der Waals surface area contributed by atoms with Gasteiger partial charge in [0.05, 0.1) is 5.00 Å². The minimum atomic E-state index is -0.987. The lowest BCUT2D eigenvalue weighted by Gasteiger charge is -1.96. The van der Waals surface area contributed by atoms with Crippen molar-refractivity contribution in [2.75, 3.05) is 5.32 Å². The minimum absolute atomic E-state index is 0.233. The number of amides is 1. The highest BCUT2D eigenvalue weighted by atomic mass is 32.1. The molecule has 2 heterocycles.